The van der Waals surface area contributed by atoms with Crippen LogP contribution in [0, 0.1) is 13.8 Å². The fourth-order valence-corrected chi connectivity index (χ4v) is 3.47. The molecular weight excluding hydrogens is 290 g/mol. The third-order valence-corrected chi connectivity index (χ3v) is 4.89. The van der Waals surface area contributed by atoms with Gasteiger partial charge in [-0.3, -0.25) is 14.2 Å². The maximum Gasteiger partial charge on any atom is 0.227 e. The summed E-state index contributed by atoms with van der Waals surface area (Å²) in [5.74, 6) is 0.209. The van der Waals surface area contributed by atoms with Gasteiger partial charge in [-0.05, 0) is 39.2 Å². The van der Waals surface area contributed by atoms with Gasteiger partial charge in [0.2, 0.25) is 5.91 Å². The Morgan fingerprint density at radius 2 is 2.17 bits per heavy atom. The molecule has 1 aliphatic heterocycles. The third-order valence-electron chi connectivity index (χ3n) is 4.89. The fourth-order valence-electron chi connectivity index (χ4n) is 3.47. The Morgan fingerprint density at radius 1 is 1.35 bits per heavy atom. The van der Waals surface area contributed by atoms with E-state index in [4.69, 9.17) is 0 Å². The lowest BCUT2D eigenvalue weighted by atomic mass is 10.0. The van der Waals surface area contributed by atoms with Gasteiger partial charge in [0.25, 0.3) is 0 Å². The molecule has 1 fully saturated rings. The van der Waals surface area contributed by atoms with Crippen LogP contribution in [-0.2, 0) is 24.8 Å². The molecule has 0 bridgehead atoms. The number of carbonyl (C=O) groups is 1. The van der Waals surface area contributed by atoms with E-state index >= 15 is 0 Å². The summed E-state index contributed by atoms with van der Waals surface area (Å²) in [4.78, 5) is 14.9. The first kappa shape index (κ1) is 15.8. The molecule has 1 aliphatic rings. The third kappa shape index (κ3) is 3.30. The van der Waals surface area contributed by atoms with Crippen molar-refractivity contribution in [1.29, 1.82) is 0 Å². The molecule has 3 heterocycles. The van der Waals surface area contributed by atoms with E-state index < -0.39 is 0 Å². The summed E-state index contributed by atoms with van der Waals surface area (Å²) < 4.78 is 3.78. The summed E-state index contributed by atoms with van der Waals surface area (Å²) in [6, 6.07) is 2.17. The number of piperidine rings is 1. The summed E-state index contributed by atoms with van der Waals surface area (Å²) in [5.41, 5.74) is 3.11. The van der Waals surface area contributed by atoms with Crippen LogP contribution in [0.1, 0.15) is 36.2 Å². The number of nitrogens with zero attached hydrogens (tertiary/aromatic N) is 5. The molecule has 23 heavy (non-hydrogen) atoms. The van der Waals surface area contributed by atoms with Crippen molar-refractivity contribution >= 4 is 5.91 Å². The molecule has 6 heteroatoms. The van der Waals surface area contributed by atoms with Gasteiger partial charge in [0, 0.05) is 37.2 Å². The molecule has 1 saturated heterocycles. The minimum Gasteiger partial charge on any atom is -0.338 e. The van der Waals surface area contributed by atoms with Crippen molar-refractivity contribution in [3.8, 4) is 0 Å². The lowest BCUT2D eigenvalue weighted by Gasteiger charge is -2.36. The maximum absolute atomic E-state index is 12.9. The molecule has 0 aliphatic carbocycles. The Bertz CT molecular complexity index is 673. The molecule has 2 aromatic heterocycles. The van der Waals surface area contributed by atoms with Crippen molar-refractivity contribution in [2.75, 3.05) is 6.54 Å². The molecule has 124 valence electrons. The van der Waals surface area contributed by atoms with E-state index in [1.807, 2.05) is 42.5 Å². The number of likely N-dealkylation sites (tertiary alicyclic amines) is 1. The zero-order chi connectivity index (χ0) is 16.4. The zero-order valence-electron chi connectivity index (χ0n) is 14.2. The van der Waals surface area contributed by atoms with Crippen LogP contribution in [0.25, 0.3) is 0 Å². The van der Waals surface area contributed by atoms with Gasteiger partial charge in [0.05, 0.1) is 24.7 Å². The minimum atomic E-state index is 0.209. The van der Waals surface area contributed by atoms with Crippen LogP contribution < -0.4 is 0 Å². The van der Waals surface area contributed by atoms with Crippen LogP contribution in [0.4, 0.5) is 0 Å². The van der Waals surface area contributed by atoms with Gasteiger partial charge in [0.1, 0.15) is 0 Å². The van der Waals surface area contributed by atoms with Crippen LogP contribution in [0.15, 0.2) is 18.5 Å². The molecule has 0 radical (unpaired) electrons. The van der Waals surface area contributed by atoms with Crippen molar-refractivity contribution in [2.24, 2.45) is 7.05 Å². The normalized spacial score (nSPS) is 18.4. The Hall–Kier alpha value is -2.11. The second-order valence-electron chi connectivity index (χ2n) is 6.41. The van der Waals surface area contributed by atoms with Gasteiger partial charge in [0.15, 0.2) is 0 Å². The molecule has 1 amide bonds. The largest absolute Gasteiger partial charge is 0.338 e. The summed E-state index contributed by atoms with van der Waals surface area (Å²) in [6.45, 7) is 5.64. The predicted octanol–water partition coefficient (Wildman–Crippen LogP) is 1.86. The fraction of sp³-hybridized carbons (Fsp3) is 0.588. The molecule has 1 unspecified atom stereocenters. The molecule has 1 atom stereocenters. The van der Waals surface area contributed by atoms with Gasteiger partial charge in [-0.2, -0.15) is 10.2 Å². The monoisotopic (exact) mass is 315 g/mol. The number of hydrogen-bond donors (Lipinski definition) is 0. The number of carbonyl (C=O) groups excluding carboxylic acids is 1. The maximum atomic E-state index is 12.9. The van der Waals surface area contributed by atoms with Gasteiger partial charge in [-0.1, -0.05) is 0 Å². The standard InChI is InChI=1S/C17H25N5O/c1-13-16(14(2)20(3)19-13)11-17(23)22-10-5-4-7-15(22)12-21-9-6-8-18-21/h6,8-9,15H,4-5,7,10-12H2,1-3H3. The van der Waals surface area contributed by atoms with E-state index in [1.165, 1.54) is 6.42 Å². The Kier molecular flexibility index (Phi) is 4.50. The number of aromatic nitrogens is 4. The highest BCUT2D eigenvalue weighted by Crippen LogP contribution is 2.21. The summed E-state index contributed by atoms with van der Waals surface area (Å²) >= 11 is 0. The Balaban J connectivity index is 1.73. The van der Waals surface area contributed by atoms with Crippen molar-refractivity contribution < 1.29 is 4.79 Å². The Morgan fingerprint density at radius 3 is 2.83 bits per heavy atom. The number of rotatable bonds is 4. The van der Waals surface area contributed by atoms with E-state index in [1.54, 1.807) is 6.20 Å². The lowest BCUT2D eigenvalue weighted by Crippen LogP contribution is -2.46. The molecule has 0 spiro atoms. The van der Waals surface area contributed by atoms with Gasteiger partial charge >= 0.3 is 0 Å². The van der Waals surface area contributed by atoms with E-state index in [0.717, 1.165) is 42.9 Å². The Labute approximate surface area is 137 Å². The van der Waals surface area contributed by atoms with E-state index in [0.29, 0.717) is 6.42 Å². The highest BCUT2D eigenvalue weighted by molar-refractivity contribution is 5.79. The SMILES string of the molecule is Cc1nn(C)c(C)c1CC(=O)N1CCCCC1Cn1cccn1. The van der Waals surface area contributed by atoms with Gasteiger partial charge in [-0.25, -0.2) is 0 Å². The van der Waals surface area contributed by atoms with Crippen LogP contribution in [0.5, 0.6) is 0 Å². The smallest absolute Gasteiger partial charge is 0.227 e. The average molecular weight is 315 g/mol. The van der Waals surface area contributed by atoms with E-state index in [9.17, 15) is 4.79 Å². The van der Waals surface area contributed by atoms with Crippen molar-refractivity contribution in [1.82, 2.24) is 24.5 Å². The second-order valence-corrected chi connectivity index (χ2v) is 6.41. The quantitative estimate of drug-likeness (QED) is 0.865. The van der Waals surface area contributed by atoms with Crippen molar-refractivity contribution in [3.05, 3.63) is 35.4 Å². The molecule has 3 rings (SSSR count). The second kappa shape index (κ2) is 6.56. The van der Waals surface area contributed by atoms with Crippen molar-refractivity contribution in [2.45, 2.75) is 52.1 Å². The highest BCUT2D eigenvalue weighted by atomic mass is 16.2. The first-order valence-corrected chi connectivity index (χ1v) is 8.32. The summed E-state index contributed by atoms with van der Waals surface area (Å²) in [7, 11) is 1.93. The van der Waals surface area contributed by atoms with E-state index in [-0.39, 0.29) is 11.9 Å². The minimum absolute atomic E-state index is 0.209. The van der Waals surface area contributed by atoms with Crippen LogP contribution in [-0.4, -0.2) is 43.0 Å². The highest BCUT2D eigenvalue weighted by Gasteiger charge is 2.28. The molecule has 2 aromatic rings. The molecule has 6 nitrogen and oxygen atoms in total. The molecular formula is C17H25N5O. The first-order chi connectivity index (χ1) is 11.1. The molecule has 0 N–H and O–H groups in total. The lowest BCUT2D eigenvalue weighted by molar-refractivity contribution is -0.134. The zero-order valence-corrected chi connectivity index (χ0v) is 14.2. The predicted molar refractivity (Wildman–Crippen MR) is 88.0 cm³/mol. The number of aryl methyl sites for hydroxylation is 2. The van der Waals surface area contributed by atoms with Crippen LogP contribution in [0.2, 0.25) is 0 Å². The number of amides is 1. The van der Waals surface area contributed by atoms with Gasteiger partial charge < -0.3 is 4.90 Å². The average Bonchev–Trinajstić information content (AvgIpc) is 3.12. The summed E-state index contributed by atoms with van der Waals surface area (Å²) in [5, 5.41) is 8.71. The number of hydrogen-bond acceptors (Lipinski definition) is 3. The van der Waals surface area contributed by atoms with Crippen LogP contribution >= 0.6 is 0 Å². The van der Waals surface area contributed by atoms with Crippen LogP contribution in [0.3, 0.4) is 0 Å². The summed E-state index contributed by atoms with van der Waals surface area (Å²) in [6.07, 6.45) is 7.52. The van der Waals surface area contributed by atoms with E-state index in [2.05, 4.69) is 15.1 Å². The first-order valence-electron chi connectivity index (χ1n) is 8.32. The topological polar surface area (TPSA) is 56.0 Å². The van der Waals surface area contributed by atoms with Crippen molar-refractivity contribution in [3.63, 3.8) is 0 Å². The molecule has 0 aromatic carbocycles. The van der Waals surface area contributed by atoms with Gasteiger partial charge in [-0.15, -0.1) is 0 Å². The molecule has 0 saturated carbocycles.